The van der Waals surface area contributed by atoms with Crippen LogP contribution in [-0.2, 0) is 13.8 Å². The number of carbonyl (C=O) groups is 1. The topological polar surface area (TPSA) is 75.2 Å². The maximum Gasteiger partial charge on any atom is 0.220 e. The molecule has 26 heavy (non-hydrogen) atoms. The molecule has 1 atom stereocenters. The largest absolute Gasteiger partial charge is 0.356 e. The highest BCUT2D eigenvalue weighted by Crippen LogP contribution is 2.13. The first-order valence-corrected chi connectivity index (χ1v) is 11.7. The van der Waals surface area contributed by atoms with Gasteiger partial charge in [-0.3, -0.25) is 4.79 Å². The molecule has 5 nitrogen and oxygen atoms in total. The van der Waals surface area contributed by atoms with Crippen molar-refractivity contribution in [3.8, 4) is 0 Å². The molecule has 6 heteroatoms. The minimum atomic E-state index is 0.0506. The van der Waals surface area contributed by atoms with Gasteiger partial charge in [-0.2, -0.15) is 0 Å². The molecule has 0 aliphatic rings. The van der Waals surface area contributed by atoms with Crippen molar-refractivity contribution in [1.29, 1.82) is 0 Å². The van der Waals surface area contributed by atoms with Gasteiger partial charge in [-0.05, 0) is 6.42 Å². The van der Waals surface area contributed by atoms with E-state index in [0.29, 0.717) is 26.2 Å². The van der Waals surface area contributed by atoms with Crippen LogP contribution in [0.5, 0.6) is 0 Å². The third-order valence-electron chi connectivity index (χ3n) is 4.40. The minimum absolute atomic E-state index is 0.0506. The van der Waals surface area contributed by atoms with Crippen LogP contribution in [0.2, 0.25) is 0 Å². The number of hydrogen-bond acceptors (Lipinski definition) is 3. The molecule has 1 unspecified atom stereocenters. The van der Waals surface area contributed by atoms with Gasteiger partial charge in [0, 0.05) is 13.0 Å². The fraction of sp³-hybridized carbons (Fsp3) is 0.950. The van der Waals surface area contributed by atoms with Gasteiger partial charge in [-0.1, -0.05) is 84.0 Å². The summed E-state index contributed by atoms with van der Waals surface area (Å²) in [7, 11) is 0.0506. The summed E-state index contributed by atoms with van der Waals surface area (Å²) < 4.78 is 10.4. The SMILES string of the molecule is CCCCCCCCCCCCCCCC(=O)NCCOPOCC[NH3+]. The monoisotopic (exact) mass is 391 g/mol. The maximum atomic E-state index is 11.7. The molecule has 156 valence electrons. The van der Waals surface area contributed by atoms with Crippen molar-refractivity contribution in [3.63, 3.8) is 0 Å². The summed E-state index contributed by atoms with van der Waals surface area (Å²) in [6, 6.07) is 0. The predicted molar refractivity (Wildman–Crippen MR) is 111 cm³/mol. The van der Waals surface area contributed by atoms with Gasteiger partial charge in [0.25, 0.3) is 0 Å². The van der Waals surface area contributed by atoms with Crippen LogP contribution < -0.4 is 11.1 Å². The molecule has 0 rings (SSSR count). The van der Waals surface area contributed by atoms with Crippen molar-refractivity contribution in [1.82, 2.24) is 5.32 Å². The van der Waals surface area contributed by atoms with E-state index < -0.39 is 0 Å². The Morgan fingerprint density at radius 3 is 1.85 bits per heavy atom. The Labute approximate surface area is 163 Å². The Morgan fingerprint density at radius 2 is 1.31 bits per heavy atom. The third kappa shape index (κ3) is 21.8. The number of hydrogen-bond donors (Lipinski definition) is 2. The molecule has 0 radical (unpaired) electrons. The lowest BCUT2D eigenvalue weighted by Crippen LogP contribution is -2.52. The van der Waals surface area contributed by atoms with E-state index >= 15 is 0 Å². The number of nitrogens with one attached hydrogen (secondary N) is 1. The normalized spacial score (nSPS) is 11.5. The van der Waals surface area contributed by atoms with E-state index in [2.05, 4.69) is 18.0 Å². The number of amides is 1. The van der Waals surface area contributed by atoms with Crippen molar-refractivity contribution in [2.75, 3.05) is 26.3 Å². The van der Waals surface area contributed by atoms with Crippen LogP contribution in [0.25, 0.3) is 0 Å². The quantitative estimate of drug-likeness (QED) is 0.225. The van der Waals surface area contributed by atoms with Gasteiger partial charge in [0.15, 0.2) is 9.03 Å². The molecule has 0 saturated carbocycles. The molecule has 0 spiro atoms. The van der Waals surface area contributed by atoms with Crippen LogP contribution in [-0.4, -0.2) is 32.2 Å². The lowest BCUT2D eigenvalue weighted by molar-refractivity contribution is -0.370. The summed E-state index contributed by atoms with van der Waals surface area (Å²) in [6.45, 7) is 4.74. The molecule has 1 amide bonds. The zero-order valence-electron chi connectivity index (χ0n) is 17.2. The molecule has 0 aromatic carbocycles. The molecular weight excluding hydrogens is 347 g/mol. The first kappa shape index (κ1) is 25.8. The zero-order valence-corrected chi connectivity index (χ0v) is 18.2. The fourth-order valence-electron chi connectivity index (χ4n) is 2.83. The lowest BCUT2D eigenvalue weighted by Gasteiger charge is -2.06. The summed E-state index contributed by atoms with van der Waals surface area (Å²) in [5.74, 6) is 0.138. The van der Waals surface area contributed by atoms with Crippen molar-refractivity contribution in [2.45, 2.75) is 96.8 Å². The number of rotatable bonds is 21. The second kappa shape index (κ2) is 22.8. The summed E-state index contributed by atoms with van der Waals surface area (Å²) in [4.78, 5) is 11.7. The Balaban J connectivity index is 3.12. The second-order valence-electron chi connectivity index (χ2n) is 6.98. The molecule has 4 N–H and O–H groups in total. The lowest BCUT2D eigenvalue weighted by atomic mass is 10.0. The zero-order chi connectivity index (χ0) is 19.1. The molecule has 0 aliphatic heterocycles. The van der Waals surface area contributed by atoms with Gasteiger partial charge in [0.1, 0.15) is 6.61 Å². The van der Waals surface area contributed by atoms with E-state index in [0.717, 1.165) is 13.0 Å². The maximum absolute atomic E-state index is 11.7. The first-order chi connectivity index (χ1) is 12.8. The van der Waals surface area contributed by atoms with Gasteiger partial charge in [0.2, 0.25) is 5.91 Å². The van der Waals surface area contributed by atoms with Crippen molar-refractivity contribution in [2.24, 2.45) is 0 Å². The summed E-state index contributed by atoms with van der Waals surface area (Å²) in [5.41, 5.74) is 3.68. The van der Waals surface area contributed by atoms with Crippen LogP contribution in [0.1, 0.15) is 96.8 Å². The second-order valence-corrected chi connectivity index (χ2v) is 7.72. The molecule has 0 aromatic heterocycles. The highest BCUT2D eigenvalue weighted by atomic mass is 31.1. The van der Waals surface area contributed by atoms with E-state index in [1.54, 1.807) is 0 Å². The van der Waals surface area contributed by atoms with Crippen molar-refractivity contribution < 1.29 is 19.6 Å². The molecular formula is C20H44N2O3P+. The van der Waals surface area contributed by atoms with Crippen LogP contribution in [0.3, 0.4) is 0 Å². The molecule has 0 aromatic rings. The van der Waals surface area contributed by atoms with Crippen LogP contribution >= 0.6 is 9.03 Å². The van der Waals surface area contributed by atoms with Crippen molar-refractivity contribution >= 4 is 14.9 Å². The standard InChI is InChI=1S/C20H43N2O3P/c1-2-3-4-5-6-7-8-9-10-11-12-13-14-15-20(23)22-17-19-25-26-24-18-16-21/h26H,2-19,21H2,1H3,(H,22,23)/p+1. The van der Waals surface area contributed by atoms with E-state index in [1.165, 1.54) is 77.0 Å². The number of unbranched alkanes of at least 4 members (excludes halogenated alkanes) is 12. The van der Waals surface area contributed by atoms with E-state index in [-0.39, 0.29) is 14.9 Å². The van der Waals surface area contributed by atoms with E-state index in [9.17, 15) is 4.79 Å². The van der Waals surface area contributed by atoms with Gasteiger partial charge in [-0.25, -0.2) is 0 Å². The molecule has 0 saturated heterocycles. The van der Waals surface area contributed by atoms with Gasteiger partial charge in [0.05, 0.1) is 13.2 Å². The third-order valence-corrected chi connectivity index (χ3v) is 5.04. The Morgan fingerprint density at radius 1 is 0.808 bits per heavy atom. The highest BCUT2D eigenvalue weighted by molar-refractivity contribution is 7.26. The van der Waals surface area contributed by atoms with E-state index in [4.69, 9.17) is 9.05 Å². The van der Waals surface area contributed by atoms with Gasteiger partial charge >= 0.3 is 0 Å². The van der Waals surface area contributed by atoms with Crippen molar-refractivity contribution in [3.05, 3.63) is 0 Å². The van der Waals surface area contributed by atoms with Gasteiger partial charge in [-0.15, -0.1) is 0 Å². The molecule has 0 heterocycles. The molecule has 0 fully saturated rings. The highest BCUT2D eigenvalue weighted by Gasteiger charge is 2.00. The van der Waals surface area contributed by atoms with Crippen LogP contribution in [0.4, 0.5) is 0 Å². The summed E-state index contributed by atoms with van der Waals surface area (Å²) in [6.07, 6.45) is 17.9. The molecule has 0 bridgehead atoms. The Kier molecular flexibility index (Phi) is 22.6. The van der Waals surface area contributed by atoms with Gasteiger partial charge < -0.3 is 20.1 Å². The van der Waals surface area contributed by atoms with E-state index in [1.807, 2.05) is 0 Å². The Bertz CT molecular complexity index is 294. The summed E-state index contributed by atoms with van der Waals surface area (Å²) in [5, 5.41) is 2.89. The Hall–Kier alpha value is -0.220. The summed E-state index contributed by atoms with van der Waals surface area (Å²) >= 11 is 0. The number of carbonyl (C=O) groups excluding carboxylic acids is 1. The minimum Gasteiger partial charge on any atom is -0.356 e. The predicted octanol–water partition coefficient (Wildman–Crippen LogP) is 4.37. The number of quaternary nitrogens is 1. The average Bonchev–Trinajstić information content (AvgIpc) is 2.64. The van der Waals surface area contributed by atoms with Crippen LogP contribution in [0, 0.1) is 0 Å². The average molecular weight is 392 g/mol. The van der Waals surface area contributed by atoms with Crippen LogP contribution in [0.15, 0.2) is 0 Å². The first-order valence-electron chi connectivity index (χ1n) is 10.9. The fourth-order valence-corrected chi connectivity index (χ4v) is 3.33. The smallest absolute Gasteiger partial charge is 0.220 e. The molecule has 0 aliphatic carbocycles.